The van der Waals surface area contributed by atoms with E-state index in [2.05, 4.69) is 5.32 Å². The largest absolute Gasteiger partial charge is 0.439 e. The highest BCUT2D eigenvalue weighted by molar-refractivity contribution is 6.10. The second-order valence-electron chi connectivity index (χ2n) is 7.24. The average Bonchev–Trinajstić information content (AvgIpc) is 3.17. The maximum atomic E-state index is 13.6. The van der Waals surface area contributed by atoms with Crippen molar-refractivity contribution >= 4 is 27.8 Å². The van der Waals surface area contributed by atoms with Crippen LogP contribution in [-0.4, -0.2) is 4.57 Å². The lowest BCUT2D eigenvalue weighted by Crippen LogP contribution is -2.17. The smallest absolute Gasteiger partial charge is 0.262 e. The molecule has 5 rings (SSSR count). The van der Waals surface area contributed by atoms with Crippen LogP contribution in [0.2, 0.25) is 0 Å². The maximum Gasteiger partial charge on any atom is 0.262 e. The van der Waals surface area contributed by atoms with Crippen molar-refractivity contribution in [3.63, 3.8) is 0 Å². The van der Waals surface area contributed by atoms with Gasteiger partial charge >= 0.3 is 0 Å². The van der Waals surface area contributed by atoms with Crippen LogP contribution in [0.1, 0.15) is 5.56 Å². The summed E-state index contributed by atoms with van der Waals surface area (Å²) in [6, 6.07) is 23.7. The van der Waals surface area contributed by atoms with E-state index in [0.29, 0.717) is 29.0 Å². The standard InChI is InChI=1S/C25H19FN2O2/c1-28-20-10-6-5-9-19(20)23-22(25(28)29)21(17-11-13-18(26)14-12-17)24(30-23)27-15-16-7-3-2-4-8-16/h2-14,27H,15H2,1H3. The van der Waals surface area contributed by atoms with Gasteiger partial charge in [-0.15, -0.1) is 0 Å². The van der Waals surface area contributed by atoms with Gasteiger partial charge < -0.3 is 14.3 Å². The van der Waals surface area contributed by atoms with Gasteiger partial charge in [0.2, 0.25) is 5.88 Å². The molecule has 0 aliphatic rings. The quantitative estimate of drug-likeness (QED) is 0.422. The zero-order valence-electron chi connectivity index (χ0n) is 16.4. The third kappa shape index (κ3) is 2.95. The Balaban J connectivity index is 1.78. The minimum Gasteiger partial charge on any atom is -0.439 e. The first-order valence-corrected chi connectivity index (χ1v) is 9.71. The number of anilines is 1. The number of rotatable bonds is 4. The SMILES string of the molecule is Cn1c(=O)c2c(-c3ccc(F)cc3)c(NCc3ccccc3)oc2c2ccccc21. The molecule has 0 spiro atoms. The van der Waals surface area contributed by atoms with Crippen LogP contribution in [0.4, 0.5) is 10.3 Å². The number of aromatic nitrogens is 1. The lowest BCUT2D eigenvalue weighted by molar-refractivity contribution is 0.626. The first-order chi connectivity index (χ1) is 14.6. The summed E-state index contributed by atoms with van der Waals surface area (Å²) in [7, 11) is 1.75. The van der Waals surface area contributed by atoms with Crippen LogP contribution in [-0.2, 0) is 13.6 Å². The van der Waals surface area contributed by atoms with Crippen molar-refractivity contribution in [3.05, 3.63) is 101 Å². The third-order valence-corrected chi connectivity index (χ3v) is 5.37. The maximum absolute atomic E-state index is 13.6. The predicted molar refractivity (Wildman–Crippen MR) is 118 cm³/mol. The number of aryl methyl sites for hydroxylation is 1. The van der Waals surface area contributed by atoms with Gasteiger partial charge in [0.25, 0.3) is 5.56 Å². The number of pyridine rings is 1. The second-order valence-corrected chi connectivity index (χ2v) is 7.24. The lowest BCUT2D eigenvalue weighted by Gasteiger charge is -2.07. The molecule has 148 valence electrons. The Morgan fingerprint density at radius 3 is 2.40 bits per heavy atom. The fourth-order valence-electron chi connectivity index (χ4n) is 3.85. The van der Waals surface area contributed by atoms with Crippen molar-refractivity contribution < 1.29 is 8.81 Å². The first kappa shape index (κ1) is 18.2. The van der Waals surface area contributed by atoms with E-state index in [1.807, 2.05) is 54.6 Å². The van der Waals surface area contributed by atoms with Gasteiger partial charge in [-0.25, -0.2) is 4.39 Å². The van der Waals surface area contributed by atoms with Crippen molar-refractivity contribution in [3.8, 4) is 11.1 Å². The van der Waals surface area contributed by atoms with E-state index in [4.69, 9.17) is 4.42 Å². The second kappa shape index (κ2) is 7.19. The van der Waals surface area contributed by atoms with Crippen LogP contribution in [0.5, 0.6) is 0 Å². The summed E-state index contributed by atoms with van der Waals surface area (Å²) in [5.41, 5.74) is 3.62. The Hall–Kier alpha value is -3.86. The molecular formula is C25H19FN2O2. The number of hydrogen-bond donors (Lipinski definition) is 1. The van der Waals surface area contributed by atoms with Crippen LogP contribution < -0.4 is 10.9 Å². The van der Waals surface area contributed by atoms with Crippen molar-refractivity contribution in [1.82, 2.24) is 4.57 Å². The van der Waals surface area contributed by atoms with Gasteiger partial charge in [0.05, 0.1) is 16.5 Å². The molecule has 5 heteroatoms. The Labute approximate surface area is 172 Å². The Kier molecular flexibility index (Phi) is 4.36. The summed E-state index contributed by atoms with van der Waals surface area (Å²) >= 11 is 0. The minimum absolute atomic E-state index is 0.153. The molecule has 30 heavy (non-hydrogen) atoms. The fourth-order valence-corrected chi connectivity index (χ4v) is 3.85. The summed E-state index contributed by atoms with van der Waals surface area (Å²) in [4.78, 5) is 13.3. The van der Waals surface area contributed by atoms with Crippen LogP contribution in [0.25, 0.3) is 33.0 Å². The van der Waals surface area contributed by atoms with E-state index in [-0.39, 0.29) is 11.4 Å². The molecule has 0 radical (unpaired) electrons. The zero-order chi connectivity index (χ0) is 20.7. The van der Waals surface area contributed by atoms with Gasteiger partial charge in [0.15, 0.2) is 5.58 Å². The molecule has 0 fully saturated rings. The number of nitrogens with zero attached hydrogens (tertiary/aromatic N) is 1. The highest BCUT2D eigenvalue weighted by atomic mass is 19.1. The summed E-state index contributed by atoms with van der Waals surface area (Å²) < 4.78 is 21.4. The van der Waals surface area contributed by atoms with Gasteiger partial charge in [-0.3, -0.25) is 4.79 Å². The first-order valence-electron chi connectivity index (χ1n) is 9.71. The third-order valence-electron chi connectivity index (χ3n) is 5.37. The van der Waals surface area contributed by atoms with Gasteiger partial charge in [-0.05, 0) is 35.4 Å². The molecule has 0 amide bonds. The molecule has 0 atom stereocenters. The number of nitrogens with one attached hydrogen (secondary N) is 1. The average molecular weight is 398 g/mol. The van der Waals surface area contributed by atoms with Crippen LogP contribution in [0.3, 0.4) is 0 Å². The normalized spacial score (nSPS) is 11.3. The lowest BCUT2D eigenvalue weighted by atomic mass is 10.0. The van der Waals surface area contributed by atoms with Crippen molar-refractivity contribution in [2.24, 2.45) is 7.05 Å². The van der Waals surface area contributed by atoms with Crippen molar-refractivity contribution in [2.45, 2.75) is 6.54 Å². The Morgan fingerprint density at radius 1 is 0.933 bits per heavy atom. The molecule has 3 aromatic carbocycles. The van der Waals surface area contributed by atoms with Gasteiger partial charge in [0, 0.05) is 19.0 Å². The van der Waals surface area contributed by atoms with E-state index in [1.165, 1.54) is 12.1 Å². The van der Waals surface area contributed by atoms with Gasteiger partial charge in [-0.2, -0.15) is 0 Å². The molecule has 0 unspecified atom stereocenters. The molecule has 2 heterocycles. The summed E-state index contributed by atoms with van der Waals surface area (Å²) in [6.45, 7) is 0.535. The monoisotopic (exact) mass is 398 g/mol. The summed E-state index contributed by atoms with van der Waals surface area (Å²) in [5.74, 6) is 0.164. The van der Waals surface area contributed by atoms with E-state index in [0.717, 1.165) is 22.0 Å². The van der Waals surface area contributed by atoms with E-state index >= 15 is 0 Å². The minimum atomic E-state index is -0.330. The highest BCUT2D eigenvalue weighted by Gasteiger charge is 2.22. The number of benzene rings is 3. The Bertz CT molecular complexity index is 1420. The summed E-state index contributed by atoms with van der Waals surface area (Å²) in [6.07, 6.45) is 0. The van der Waals surface area contributed by atoms with Gasteiger partial charge in [0.1, 0.15) is 5.82 Å². The Morgan fingerprint density at radius 2 is 1.63 bits per heavy atom. The predicted octanol–water partition coefficient (Wildman–Crippen LogP) is 5.70. The molecule has 4 nitrogen and oxygen atoms in total. The number of furan rings is 1. The van der Waals surface area contributed by atoms with Crippen molar-refractivity contribution in [1.29, 1.82) is 0 Å². The molecule has 0 saturated carbocycles. The van der Waals surface area contributed by atoms with Crippen LogP contribution in [0, 0.1) is 5.82 Å². The van der Waals surface area contributed by atoms with Crippen LogP contribution >= 0.6 is 0 Å². The van der Waals surface area contributed by atoms with Crippen LogP contribution in [0.15, 0.2) is 88.1 Å². The molecule has 0 saturated heterocycles. The molecule has 0 bridgehead atoms. The number of halogens is 1. The van der Waals surface area contributed by atoms with Crippen molar-refractivity contribution in [2.75, 3.05) is 5.32 Å². The molecule has 5 aromatic rings. The number of hydrogen-bond acceptors (Lipinski definition) is 3. The van der Waals surface area contributed by atoms with E-state index in [1.54, 1.807) is 23.7 Å². The fraction of sp³-hybridized carbons (Fsp3) is 0.0800. The topological polar surface area (TPSA) is 47.2 Å². The molecular weight excluding hydrogens is 379 g/mol. The van der Waals surface area contributed by atoms with E-state index in [9.17, 15) is 9.18 Å². The number of fused-ring (bicyclic) bond motifs is 3. The zero-order valence-corrected chi connectivity index (χ0v) is 16.4. The van der Waals surface area contributed by atoms with Gasteiger partial charge in [-0.1, -0.05) is 54.6 Å². The van der Waals surface area contributed by atoms with E-state index < -0.39 is 0 Å². The number of para-hydroxylation sites is 1. The molecule has 0 aliphatic carbocycles. The molecule has 0 aliphatic heterocycles. The summed E-state index contributed by atoms with van der Waals surface area (Å²) in [5, 5.41) is 4.67. The highest BCUT2D eigenvalue weighted by Crippen LogP contribution is 2.39. The molecule has 1 N–H and O–H groups in total. The molecule has 2 aromatic heterocycles.